The molecule has 0 aliphatic rings. The van der Waals surface area contributed by atoms with Crippen LogP contribution < -0.4 is 11.1 Å². The molecule has 0 aromatic heterocycles. The maximum atomic E-state index is 11.7. The highest BCUT2D eigenvalue weighted by atomic mass is 16.2. The van der Waals surface area contributed by atoms with Crippen LogP contribution in [0.3, 0.4) is 0 Å². The second-order valence-electron chi connectivity index (χ2n) is 4.64. The van der Waals surface area contributed by atoms with Crippen molar-refractivity contribution in [3.8, 4) is 0 Å². The smallest absolute Gasteiger partial charge is 0.237 e. The molecule has 0 aromatic rings. The van der Waals surface area contributed by atoms with Crippen LogP contribution in [0.4, 0.5) is 0 Å². The Bertz CT molecular complexity index is 209. The lowest BCUT2D eigenvalue weighted by molar-refractivity contribution is -0.123. The van der Waals surface area contributed by atoms with E-state index in [9.17, 15) is 4.79 Å². The van der Waals surface area contributed by atoms with Gasteiger partial charge in [0.1, 0.15) is 0 Å². The van der Waals surface area contributed by atoms with Gasteiger partial charge in [0, 0.05) is 13.1 Å². The van der Waals surface area contributed by atoms with Crippen LogP contribution in [-0.2, 0) is 4.79 Å². The highest BCUT2D eigenvalue weighted by molar-refractivity contribution is 5.81. The zero-order valence-corrected chi connectivity index (χ0v) is 11.8. The monoisotopic (exact) mass is 243 g/mol. The minimum Gasteiger partial charge on any atom is -0.353 e. The summed E-state index contributed by atoms with van der Waals surface area (Å²) in [5, 5.41) is 2.92. The van der Waals surface area contributed by atoms with Gasteiger partial charge in [-0.1, -0.05) is 34.1 Å². The third-order valence-corrected chi connectivity index (χ3v) is 3.27. The quantitative estimate of drug-likeness (QED) is 0.640. The van der Waals surface area contributed by atoms with E-state index in [1.165, 1.54) is 0 Å². The van der Waals surface area contributed by atoms with Gasteiger partial charge in [-0.15, -0.1) is 0 Å². The lowest BCUT2D eigenvalue weighted by Crippen LogP contribution is -2.46. The van der Waals surface area contributed by atoms with Crippen molar-refractivity contribution in [3.63, 3.8) is 0 Å². The summed E-state index contributed by atoms with van der Waals surface area (Å²) in [5.41, 5.74) is 5.85. The van der Waals surface area contributed by atoms with Crippen LogP contribution in [0.15, 0.2) is 0 Å². The van der Waals surface area contributed by atoms with Gasteiger partial charge in [0.25, 0.3) is 0 Å². The molecule has 0 fully saturated rings. The molecule has 0 unspecified atom stereocenters. The molecule has 0 heterocycles. The summed E-state index contributed by atoms with van der Waals surface area (Å²) in [7, 11) is 0. The fraction of sp³-hybridized carbons (Fsp3) is 0.923. The second kappa shape index (κ2) is 9.42. The molecule has 4 heteroatoms. The first-order chi connectivity index (χ1) is 8.06. The Kier molecular flexibility index (Phi) is 9.09. The van der Waals surface area contributed by atoms with Crippen LogP contribution in [0.1, 0.15) is 40.5 Å². The predicted molar refractivity (Wildman–Crippen MR) is 72.8 cm³/mol. The van der Waals surface area contributed by atoms with Gasteiger partial charge in [0.05, 0.1) is 6.04 Å². The first kappa shape index (κ1) is 16.4. The number of nitrogens with zero attached hydrogens (tertiary/aromatic N) is 1. The molecule has 4 nitrogen and oxygen atoms in total. The molecule has 2 atom stereocenters. The van der Waals surface area contributed by atoms with Crippen LogP contribution >= 0.6 is 0 Å². The number of nitrogens with one attached hydrogen (secondary N) is 1. The molecule has 0 aliphatic heterocycles. The van der Waals surface area contributed by atoms with Crippen LogP contribution in [0.5, 0.6) is 0 Å². The van der Waals surface area contributed by atoms with Gasteiger partial charge in [-0.25, -0.2) is 0 Å². The Balaban J connectivity index is 3.83. The molecule has 0 rings (SSSR count). The minimum atomic E-state index is -0.374. The number of carbonyl (C=O) groups excluding carboxylic acids is 1. The summed E-state index contributed by atoms with van der Waals surface area (Å²) in [5.74, 6) is 0.222. The summed E-state index contributed by atoms with van der Waals surface area (Å²) in [6.45, 7) is 12.1. The van der Waals surface area contributed by atoms with E-state index >= 15 is 0 Å². The maximum absolute atomic E-state index is 11.7. The number of amides is 1. The van der Waals surface area contributed by atoms with E-state index in [1.807, 2.05) is 6.92 Å². The average molecular weight is 243 g/mol. The molecule has 102 valence electrons. The third-order valence-electron chi connectivity index (χ3n) is 3.27. The molecule has 0 bridgehead atoms. The largest absolute Gasteiger partial charge is 0.353 e. The molecule has 0 spiro atoms. The van der Waals surface area contributed by atoms with Crippen LogP contribution in [0.25, 0.3) is 0 Å². The normalized spacial score (nSPS) is 14.7. The molecule has 17 heavy (non-hydrogen) atoms. The predicted octanol–water partition coefficient (Wildman–Crippen LogP) is 1.21. The van der Waals surface area contributed by atoms with E-state index in [4.69, 9.17) is 5.73 Å². The summed E-state index contributed by atoms with van der Waals surface area (Å²) in [4.78, 5) is 14.0. The second-order valence-corrected chi connectivity index (χ2v) is 4.64. The third kappa shape index (κ3) is 6.64. The topological polar surface area (TPSA) is 58.4 Å². The molecule has 0 saturated carbocycles. The Morgan fingerprint density at radius 2 is 1.94 bits per heavy atom. The van der Waals surface area contributed by atoms with Crippen molar-refractivity contribution in [2.45, 2.75) is 46.6 Å². The Morgan fingerprint density at radius 3 is 2.41 bits per heavy atom. The van der Waals surface area contributed by atoms with Crippen molar-refractivity contribution in [1.82, 2.24) is 10.2 Å². The molecule has 0 aliphatic carbocycles. The van der Waals surface area contributed by atoms with E-state index < -0.39 is 0 Å². The lowest BCUT2D eigenvalue weighted by Gasteiger charge is -2.21. The molecule has 1 amide bonds. The summed E-state index contributed by atoms with van der Waals surface area (Å²) in [6, 6.07) is -0.374. The van der Waals surface area contributed by atoms with Gasteiger partial charge < -0.3 is 16.0 Å². The number of carbonyl (C=O) groups is 1. The molecular formula is C13H29N3O. The Hall–Kier alpha value is -0.610. The molecule has 0 radical (unpaired) electrons. The van der Waals surface area contributed by atoms with Gasteiger partial charge in [-0.2, -0.15) is 0 Å². The minimum absolute atomic E-state index is 0.0214. The standard InChI is InChI=1S/C13H29N3O/c1-5-9-16(7-3)10-8-15-13(17)12(14)11(4)6-2/h11-12H,5-10,14H2,1-4H3,(H,15,17)/t11-,12-/m0/s1. The fourth-order valence-corrected chi connectivity index (χ4v) is 1.71. The maximum Gasteiger partial charge on any atom is 0.237 e. The van der Waals surface area contributed by atoms with Gasteiger partial charge in [0.2, 0.25) is 5.91 Å². The van der Waals surface area contributed by atoms with Crippen molar-refractivity contribution < 1.29 is 4.79 Å². The molecule has 0 aromatic carbocycles. The molecular weight excluding hydrogens is 214 g/mol. The summed E-state index contributed by atoms with van der Waals surface area (Å²) >= 11 is 0. The van der Waals surface area contributed by atoms with Crippen LogP contribution in [0, 0.1) is 5.92 Å². The van der Waals surface area contributed by atoms with Crippen LogP contribution in [-0.4, -0.2) is 43.0 Å². The zero-order valence-electron chi connectivity index (χ0n) is 11.8. The highest BCUT2D eigenvalue weighted by Crippen LogP contribution is 2.04. The summed E-state index contributed by atoms with van der Waals surface area (Å²) in [6.07, 6.45) is 2.08. The van der Waals surface area contributed by atoms with E-state index in [1.54, 1.807) is 0 Å². The number of likely N-dealkylation sites (N-methyl/N-ethyl adjacent to an activating group) is 1. The van der Waals surface area contributed by atoms with Crippen molar-refractivity contribution in [2.24, 2.45) is 11.7 Å². The molecule has 3 N–H and O–H groups in total. The highest BCUT2D eigenvalue weighted by Gasteiger charge is 2.18. The number of nitrogens with two attached hydrogens (primary N) is 1. The van der Waals surface area contributed by atoms with Gasteiger partial charge >= 0.3 is 0 Å². The first-order valence-electron chi connectivity index (χ1n) is 6.82. The number of hydrogen-bond acceptors (Lipinski definition) is 3. The van der Waals surface area contributed by atoms with Crippen molar-refractivity contribution in [1.29, 1.82) is 0 Å². The SMILES string of the molecule is CCCN(CC)CCNC(=O)[C@@H](N)[C@@H](C)CC. The van der Waals surface area contributed by atoms with E-state index in [0.717, 1.165) is 32.5 Å². The van der Waals surface area contributed by atoms with Gasteiger partial charge in [-0.3, -0.25) is 4.79 Å². The van der Waals surface area contributed by atoms with Crippen molar-refractivity contribution in [2.75, 3.05) is 26.2 Å². The Morgan fingerprint density at radius 1 is 1.29 bits per heavy atom. The van der Waals surface area contributed by atoms with E-state index in [2.05, 4.69) is 31.0 Å². The fourth-order valence-electron chi connectivity index (χ4n) is 1.71. The van der Waals surface area contributed by atoms with E-state index in [-0.39, 0.29) is 17.9 Å². The van der Waals surface area contributed by atoms with Crippen LogP contribution in [0.2, 0.25) is 0 Å². The Labute approximate surface area is 106 Å². The van der Waals surface area contributed by atoms with Gasteiger partial charge in [-0.05, 0) is 25.4 Å². The van der Waals surface area contributed by atoms with Crippen molar-refractivity contribution >= 4 is 5.91 Å². The zero-order chi connectivity index (χ0) is 13.3. The van der Waals surface area contributed by atoms with E-state index in [0.29, 0.717) is 6.54 Å². The lowest BCUT2D eigenvalue weighted by atomic mass is 9.99. The number of rotatable bonds is 9. The average Bonchev–Trinajstić information content (AvgIpc) is 2.35. The van der Waals surface area contributed by atoms with Crippen molar-refractivity contribution in [3.05, 3.63) is 0 Å². The molecule has 0 saturated heterocycles. The number of hydrogen-bond donors (Lipinski definition) is 2. The van der Waals surface area contributed by atoms with Gasteiger partial charge in [0.15, 0.2) is 0 Å². The first-order valence-corrected chi connectivity index (χ1v) is 6.82. The summed E-state index contributed by atoms with van der Waals surface area (Å²) < 4.78 is 0.